The van der Waals surface area contributed by atoms with Crippen LogP contribution in [0.1, 0.15) is 5.56 Å². The number of sulfonamides is 1. The van der Waals surface area contributed by atoms with Crippen LogP contribution in [0.2, 0.25) is 0 Å². The molecule has 0 heterocycles. The summed E-state index contributed by atoms with van der Waals surface area (Å²) in [7, 11) is -0.803. The van der Waals surface area contributed by atoms with Crippen molar-refractivity contribution in [2.45, 2.75) is 6.54 Å². The second-order valence-corrected chi connectivity index (χ2v) is 7.72. The Kier molecular flexibility index (Phi) is 6.75. The molecule has 0 aliphatic rings. The largest absolute Gasteiger partial charge is 0.497 e. The predicted octanol–water partition coefficient (Wildman–Crippen LogP) is 2.24. The van der Waals surface area contributed by atoms with Gasteiger partial charge in [-0.25, -0.2) is 12.8 Å². The Hall–Kier alpha value is -2.65. The topological polar surface area (TPSA) is 84.9 Å². The Morgan fingerprint density at radius 2 is 1.85 bits per heavy atom. The van der Waals surface area contributed by atoms with Crippen LogP contribution in [0.3, 0.4) is 0 Å². The van der Waals surface area contributed by atoms with E-state index in [-0.39, 0.29) is 12.1 Å². The number of nitrogens with one attached hydrogen (secondary N) is 1. The van der Waals surface area contributed by atoms with Crippen molar-refractivity contribution in [2.24, 2.45) is 0 Å². The van der Waals surface area contributed by atoms with Gasteiger partial charge in [-0.2, -0.15) is 4.31 Å². The van der Waals surface area contributed by atoms with Crippen LogP contribution in [0.5, 0.6) is 11.5 Å². The van der Waals surface area contributed by atoms with Gasteiger partial charge in [-0.3, -0.25) is 4.79 Å². The third-order valence-corrected chi connectivity index (χ3v) is 4.97. The van der Waals surface area contributed by atoms with E-state index in [4.69, 9.17) is 9.47 Å². The quantitative estimate of drug-likeness (QED) is 0.740. The zero-order chi connectivity index (χ0) is 20.0. The number of ether oxygens (including phenoxy) is 2. The lowest BCUT2D eigenvalue weighted by atomic mass is 10.2. The number of anilines is 1. The molecule has 1 N–H and O–H groups in total. The molecule has 7 nitrogen and oxygen atoms in total. The summed E-state index contributed by atoms with van der Waals surface area (Å²) in [5, 5.41) is 2.60. The van der Waals surface area contributed by atoms with Crippen molar-refractivity contribution < 1.29 is 27.1 Å². The Bertz CT molecular complexity index is 918. The van der Waals surface area contributed by atoms with E-state index >= 15 is 0 Å². The van der Waals surface area contributed by atoms with Crippen LogP contribution in [0.4, 0.5) is 10.1 Å². The molecule has 0 radical (unpaired) electrons. The molecule has 1 amide bonds. The van der Waals surface area contributed by atoms with Gasteiger partial charge in [0.15, 0.2) is 0 Å². The first-order valence-electron chi connectivity index (χ1n) is 7.95. The molecule has 9 heteroatoms. The van der Waals surface area contributed by atoms with Gasteiger partial charge in [-0.05, 0) is 18.2 Å². The van der Waals surface area contributed by atoms with Crippen LogP contribution in [0.25, 0.3) is 0 Å². The van der Waals surface area contributed by atoms with E-state index in [2.05, 4.69) is 5.32 Å². The first-order valence-corrected chi connectivity index (χ1v) is 9.80. The number of halogens is 1. The van der Waals surface area contributed by atoms with Crippen molar-refractivity contribution in [3.05, 3.63) is 53.8 Å². The molecule has 0 unspecified atom stereocenters. The second-order valence-electron chi connectivity index (χ2n) is 5.74. The average Bonchev–Trinajstić information content (AvgIpc) is 2.62. The van der Waals surface area contributed by atoms with Gasteiger partial charge in [-0.1, -0.05) is 18.2 Å². The number of amides is 1. The number of hydrogen-bond acceptors (Lipinski definition) is 5. The fourth-order valence-electron chi connectivity index (χ4n) is 2.36. The van der Waals surface area contributed by atoms with E-state index in [0.717, 1.165) is 10.6 Å². The SMILES string of the molecule is COc1ccc(NC(=O)CN(Cc2ccccc2F)S(C)(=O)=O)c(OC)c1. The molecular formula is C18H21FN2O5S. The van der Waals surface area contributed by atoms with Crippen LogP contribution in [0, 0.1) is 5.82 Å². The zero-order valence-electron chi connectivity index (χ0n) is 15.2. The number of carbonyl (C=O) groups is 1. The lowest BCUT2D eigenvalue weighted by Crippen LogP contribution is -2.37. The third-order valence-electron chi connectivity index (χ3n) is 3.78. The highest BCUT2D eigenvalue weighted by atomic mass is 32.2. The normalized spacial score (nSPS) is 11.3. The van der Waals surface area contributed by atoms with Crippen LogP contribution in [-0.4, -0.2) is 45.7 Å². The highest BCUT2D eigenvalue weighted by Crippen LogP contribution is 2.29. The summed E-state index contributed by atoms with van der Waals surface area (Å²) in [5.41, 5.74) is 0.542. The summed E-state index contributed by atoms with van der Waals surface area (Å²) in [6, 6.07) is 10.6. The number of carbonyl (C=O) groups excluding carboxylic acids is 1. The molecule has 0 bridgehead atoms. The third kappa shape index (κ3) is 5.66. The van der Waals surface area contributed by atoms with Gasteiger partial charge in [0.25, 0.3) is 0 Å². The highest BCUT2D eigenvalue weighted by Gasteiger charge is 2.22. The van der Waals surface area contributed by atoms with Crippen LogP contribution in [0.15, 0.2) is 42.5 Å². The van der Waals surface area contributed by atoms with E-state index in [0.29, 0.717) is 17.2 Å². The number of nitrogens with zero attached hydrogens (tertiary/aromatic N) is 1. The minimum atomic E-state index is -3.74. The van der Waals surface area contributed by atoms with E-state index in [1.165, 1.54) is 32.4 Å². The molecule has 146 valence electrons. The Morgan fingerprint density at radius 3 is 2.44 bits per heavy atom. The fourth-order valence-corrected chi connectivity index (χ4v) is 3.08. The minimum absolute atomic E-state index is 0.178. The number of benzene rings is 2. The minimum Gasteiger partial charge on any atom is -0.497 e. The van der Waals surface area contributed by atoms with Crippen molar-refractivity contribution in [1.82, 2.24) is 4.31 Å². The molecular weight excluding hydrogens is 375 g/mol. The Labute approximate surface area is 157 Å². The monoisotopic (exact) mass is 396 g/mol. The molecule has 0 aromatic heterocycles. The predicted molar refractivity (Wildman–Crippen MR) is 99.8 cm³/mol. The maximum atomic E-state index is 13.8. The molecule has 0 spiro atoms. The molecule has 2 rings (SSSR count). The van der Waals surface area contributed by atoms with Gasteiger partial charge in [0, 0.05) is 18.2 Å². The van der Waals surface area contributed by atoms with Crippen LogP contribution < -0.4 is 14.8 Å². The number of hydrogen-bond donors (Lipinski definition) is 1. The first-order chi connectivity index (χ1) is 12.7. The van der Waals surface area contributed by atoms with Crippen molar-refractivity contribution in [3.8, 4) is 11.5 Å². The molecule has 0 saturated carbocycles. The van der Waals surface area contributed by atoms with Gasteiger partial charge < -0.3 is 14.8 Å². The van der Waals surface area contributed by atoms with Crippen LogP contribution >= 0.6 is 0 Å². The summed E-state index contributed by atoms with van der Waals surface area (Å²) in [5.74, 6) is -0.214. The van der Waals surface area contributed by atoms with Gasteiger partial charge in [0.05, 0.1) is 32.7 Å². The maximum Gasteiger partial charge on any atom is 0.239 e. The Morgan fingerprint density at radius 1 is 1.15 bits per heavy atom. The number of methoxy groups -OCH3 is 2. The van der Waals surface area contributed by atoms with Crippen molar-refractivity contribution in [3.63, 3.8) is 0 Å². The molecule has 2 aromatic carbocycles. The average molecular weight is 396 g/mol. The molecule has 27 heavy (non-hydrogen) atoms. The summed E-state index contributed by atoms with van der Waals surface area (Å²) in [4.78, 5) is 12.4. The van der Waals surface area contributed by atoms with Crippen molar-refractivity contribution in [2.75, 3.05) is 32.3 Å². The lowest BCUT2D eigenvalue weighted by Gasteiger charge is -2.20. The number of rotatable bonds is 8. The molecule has 0 saturated heterocycles. The van der Waals surface area contributed by atoms with Gasteiger partial charge >= 0.3 is 0 Å². The van der Waals surface area contributed by atoms with Crippen LogP contribution in [-0.2, 0) is 21.4 Å². The molecule has 0 atom stereocenters. The van der Waals surface area contributed by atoms with Gasteiger partial charge in [0.1, 0.15) is 17.3 Å². The van der Waals surface area contributed by atoms with E-state index in [9.17, 15) is 17.6 Å². The van der Waals surface area contributed by atoms with Crippen molar-refractivity contribution >= 4 is 21.6 Å². The zero-order valence-corrected chi connectivity index (χ0v) is 16.0. The molecule has 0 fully saturated rings. The van der Waals surface area contributed by atoms with E-state index < -0.39 is 28.3 Å². The standard InChI is InChI=1S/C18H21FN2O5S/c1-25-14-8-9-16(17(10-14)26-2)20-18(22)12-21(27(3,23)24)11-13-6-4-5-7-15(13)19/h4-10H,11-12H2,1-3H3,(H,20,22). The summed E-state index contributed by atoms with van der Waals surface area (Å²) in [6.45, 7) is -0.721. The smallest absolute Gasteiger partial charge is 0.239 e. The molecule has 0 aliphatic carbocycles. The van der Waals surface area contributed by atoms with E-state index in [1.807, 2.05) is 0 Å². The van der Waals surface area contributed by atoms with Gasteiger partial charge in [-0.15, -0.1) is 0 Å². The first kappa shape index (κ1) is 20.7. The summed E-state index contributed by atoms with van der Waals surface area (Å²) >= 11 is 0. The van der Waals surface area contributed by atoms with Gasteiger partial charge in [0.2, 0.25) is 15.9 Å². The second kappa shape index (κ2) is 8.83. The lowest BCUT2D eigenvalue weighted by molar-refractivity contribution is -0.116. The summed E-state index contributed by atoms with van der Waals surface area (Å²) < 4.78 is 49.1. The summed E-state index contributed by atoms with van der Waals surface area (Å²) in [6.07, 6.45) is 0.967. The fraction of sp³-hybridized carbons (Fsp3) is 0.278. The Balaban J connectivity index is 2.16. The van der Waals surface area contributed by atoms with Crippen molar-refractivity contribution in [1.29, 1.82) is 0 Å². The molecule has 0 aliphatic heterocycles. The van der Waals surface area contributed by atoms with E-state index in [1.54, 1.807) is 24.3 Å². The maximum absolute atomic E-state index is 13.8. The molecule has 2 aromatic rings. The highest BCUT2D eigenvalue weighted by molar-refractivity contribution is 7.88.